The van der Waals surface area contributed by atoms with E-state index in [4.69, 9.17) is 9.47 Å². The van der Waals surface area contributed by atoms with Crippen LogP contribution in [0.4, 0.5) is 10.6 Å². The number of ether oxygens (including phenoxy) is 2. The van der Waals surface area contributed by atoms with Crippen LogP contribution in [0.1, 0.15) is 56.5 Å². The normalized spacial score (nSPS) is 16.7. The smallest absolute Gasteiger partial charge is 0.410 e. The Kier molecular flexibility index (Phi) is 7.63. The molecule has 3 rings (SSSR count). The zero-order chi connectivity index (χ0) is 25.0. The van der Waals surface area contributed by atoms with Crippen molar-refractivity contribution in [1.29, 1.82) is 0 Å². The molecule has 1 fully saturated rings. The van der Waals surface area contributed by atoms with Crippen LogP contribution in [0.15, 0.2) is 6.07 Å². The van der Waals surface area contributed by atoms with Crippen molar-refractivity contribution < 1.29 is 28.7 Å². The first-order chi connectivity index (χ1) is 16.0. The molecule has 1 aromatic heterocycles. The van der Waals surface area contributed by atoms with Gasteiger partial charge in [-0.05, 0) is 45.7 Å². The summed E-state index contributed by atoms with van der Waals surface area (Å²) in [6, 6.07) is 1.69. The quantitative estimate of drug-likeness (QED) is 0.590. The van der Waals surface area contributed by atoms with Crippen LogP contribution < -0.4 is 15.0 Å². The van der Waals surface area contributed by atoms with E-state index < -0.39 is 5.60 Å². The van der Waals surface area contributed by atoms with E-state index in [9.17, 15) is 19.2 Å². The maximum atomic E-state index is 13.1. The van der Waals surface area contributed by atoms with Gasteiger partial charge in [-0.1, -0.05) is 0 Å². The van der Waals surface area contributed by atoms with Gasteiger partial charge in [0.05, 0.1) is 7.11 Å². The Morgan fingerprint density at radius 2 is 1.91 bits per heavy atom. The summed E-state index contributed by atoms with van der Waals surface area (Å²) in [5, 5.41) is 2.11. The average molecular weight is 476 g/mol. The van der Waals surface area contributed by atoms with Crippen molar-refractivity contribution in [3.05, 3.63) is 17.2 Å². The van der Waals surface area contributed by atoms with E-state index in [1.54, 1.807) is 9.80 Å². The summed E-state index contributed by atoms with van der Waals surface area (Å²) >= 11 is 0. The topological polar surface area (TPSA) is 121 Å². The van der Waals surface area contributed by atoms with E-state index in [0.717, 1.165) is 5.56 Å². The average Bonchev–Trinajstić information content (AvgIpc) is 3.12. The molecule has 11 heteroatoms. The minimum Gasteiger partial charge on any atom is -0.480 e. The van der Waals surface area contributed by atoms with Gasteiger partial charge in [-0.3, -0.25) is 19.7 Å². The number of nitrogens with one attached hydrogen (secondary N) is 1. The Bertz CT molecular complexity index is 952. The molecule has 0 bridgehead atoms. The molecule has 0 aromatic carbocycles. The second kappa shape index (κ2) is 10.3. The van der Waals surface area contributed by atoms with Crippen LogP contribution in [-0.2, 0) is 20.9 Å². The molecule has 0 saturated carbocycles. The molecule has 11 nitrogen and oxygen atoms in total. The number of carbonyl (C=O) groups excluding carboxylic acids is 4. The lowest BCUT2D eigenvalue weighted by molar-refractivity contribution is -0.125. The lowest BCUT2D eigenvalue weighted by atomic mass is 10.1. The van der Waals surface area contributed by atoms with Crippen molar-refractivity contribution in [3.63, 3.8) is 0 Å². The molecule has 1 N–H and O–H groups in total. The number of anilines is 1. The summed E-state index contributed by atoms with van der Waals surface area (Å²) in [6.45, 7) is 9.93. The van der Waals surface area contributed by atoms with Gasteiger partial charge in [0, 0.05) is 45.2 Å². The van der Waals surface area contributed by atoms with Crippen LogP contribution in [-0.4, -0.2) is 84.0 Å². The fraction of sp³-hybridized carbons (Fsp3) is 0.609. The third kappa shape index (κ3) is 5.75. The summed E-state index contributed by atoms with van der Waals surface area (Å²) in [5.74, 6) is 0.384. The van der Waals surface area contributed by atoms with Crippen molar-refractivity contribution in [2.75, 3.05) is 38.2 Å². The number of hydrogen-bond donors (Lipinski definition) is 1. The molecule has 0 spiro atoms. The Morgan fingerprint density at radius 3 is 2.50 bits per heavy atom. The van der Waals surface area contributed by atoms with Crippen LogP contribution in [0.25, 0.3) is 0 Å². The third-order valence-corrected chi connectivity index (χ3v) is 5.86. The van der Waals surface area contributed by atoms with Gasteiger partial charge in [-0.15, -0.1) is 0 Å². The fourth-order valence-electron chi connectivity index (χ4n) is 4.05. The number of piperazine rings is 1. The van der Waals surface area contributed by atoms with Crippen LogP contribution in [0, 0.1) is 0 Å². The molecule has 34 heavy (non-hydrogen) atoms. The van der Waals surface area contributed by atoms with Gasteiger partial charge in [0.15, 0.2) is 0 Å². The van der Waals surface area contributed by atoms with Crippen molar-refractivity contribution in [3.8, 4) is 5.88 Å². The second-order valence-electron chi connectivity index (χ2n) is 9.48. The standard InChI is InChI=1S/C23H33N5O6/c1-15(6-7-18(30)24-14-29)28-13-16-12-17(25-20(33-5)19(16)21(28)31)26-8-10-27(11-9-26)22(32)34-23(2,3)4/h12,14-15H,6-11,13H2,1-5H3,(H,24,29,30). The molecule has 186 valence electrons. The monoisotopic (exact) mass is 475 g/mol. The number of fused-ring (bicyclic) bond motifs is 1. The predicted octanol–water partition coefficient (Wildman–Crippen LogP) is 1.54. The zero-order valence-corrected chi connectivity index (χ0v) is 20.4. The molecule has 0 aliphatic carbocycles. The van der Waals surface area contributed by atoms with Crippen molar-refractivity contribution in [1.82, 2.24) is 20.1 Å². The number of amides is 4. The molecular formula is C23H33N5O6. The van der Waals surface area contributed by atoms with E-state index in [-0.39, 0.29) is 36.3 Å². The van der Waals surface area contributed by atoms with E-state index in [1.807, 2.05) is 33.8 Å². The number of aromatic nitrogens is 1. The van der Waals surface area contributed by atoms with E-state index >= 15 is 0 Å². The van der Waals surface area contributed by atoms with Gasteiger partial charge in [0.1, 0.15) is 17.0 Å². The minimum absolute atomic E-state index is 0.141. The molecule has 1 unspecified atom stereocenters. The Balaban J connectivity index is 1.69. The van der Waals surface area contributed by atoms with Crippen molar-refractivity contribution in [2.45, 2.75) is 58.7 Å². The third-order valence-electron chi connectivity index (χ3n) is 5.86. The van der Waals surface area contributed by atoms with Gasteiger partial charge >= 0.3 is 6.09 Å². The van der Waals surface area contributed by atoms with E-state index in [0.29, 0.717) is 56.9 Å². The van der Waals surface area contributed by atoms with E-state index in [1.165, 1.54) is 7.11 Å². The first-order valence-corrected chi connectivity index (χ1v) is 11.4. The van der Waals surface area contributed by atoms with Crippen molar-refractivity contribution >= 4 is 30.1 Å². The SMILES string of the molecule is COc1nc(N2CCN(C(=O)OC(C)(C)C)CC2)cc2c1C(=O)N(C(C)CCC(=O)NC=O)C2. The van der Waals surface area contributed by atoms with Gasteiger partial charge < -0.3 is 24.2 Å². The maximum Gasteiger partial charge on any atom is 0.410 e. The van der Waals surface area contributed by atoms with Crippen LogP contribution >= 0.6 is 0 Å². The number of nitrogens with zero attached hydrogens (tertiary/aromatic N) is 4. The predicted molar refractivity (Wildman–Crippen MR) is 124 cm³/mol. The number of methoxy groups -OCH3 is 1. The molecule has 2 aliphatic heterocycles. The highest BCUT2D eigenvalue weighted by molar-refractivity contribution is 6.01. The molecule has 1 saturated heterocycles. The molecule has 1 atom stereocenters. The summed E-state index contributed by atoms with van der Waals surface area (Å²) in [7, 11) is 1.48. The van der Waals surface area contributed by atoms with Gasteiger partial charge in [-0.25, -0.2) is 4.79 Å². The highest BCUT2D eigenvalue weighted by Gasteiger charge is 2.36. The van der Waals surface area contributed by atoms with Crippen molar-refractivity contribution in [2.24, 2.45) is 0 Å². The zero-order valence-electron chi connectivity index (χ0n) is 20.4. The Hall–Kier alpha value is -3.37. The number of pyridine rings is 1. The van der Waals surface area contributed by atoms with Crippen LogP contribution in [0.2, 0.25) is 0 Å². The summed E-state index contributed by atoms with van der Waals surface area (Å²) in [6.07, 6.45) is 0.593. The summed E-state index contributed by atoms with van der Waals surface area (Å²) in [5.41, 5.74) is 0.699. The van der Waals surface area contributed by atoms with Gasteiger partial charge in [0.25, 0.3) is 5.91 Å². The summed E-state index contributed by atoms with van der Waals surface area (Å²) in [4.78, 5) is 57.4. The Morgan fingerprint density at radius 1 is 1.24 bits per heavy atom. The highest BCUT2D eigenvalue weighted by atomic mass is 16.6. The lowest BCUT2D eigenvalue weighted by Crippen LogP contribution is -2.50. The van der Waals surface area contributed by atoms with Crippen LogP contribution in [0.5, 0.6) is 5.88 Å². The number of rotatable bonds is 7. The number of imide groups is 1. The van der Waals surface area contributed by atoms with Crippen LogP contribution in [0.3, 0.4) is 0 Å². The molecule has 1 aromatic rings. The maximum absolute atomic E-state index is 13.1. The molecule has 4 amide bonds. The van der Waals surface area contributed by atoms with Gasteiger partial charge in [0.2, 0.25) is 18.2 Å². The second-order valence-corrected chi connectivity index (χ2v) is 9.48. The number of carbonyl (C=O) groups is 4. The minimum atomic E-state index is -0.545. The Labute approximate surface area is 199 Å². The molecule has 0 radical (unpaired) electrons. The summed E-state index contributed by atoms with van der Waals surface area (Å²) < 4.78 is 10.9. The first kappa shape index (κ1) is 25.3. The van der Waals surface area contributed by atoms with Gasteiger partial charge in [-0.2, -0.15) is 4.98 Å². The molecule has 2 aliphatic rings. The highest BCUT2D eigenvalue weighted by Crippen LogP contribution is 2.34. The molecular weight excluding hydrogens is 442 g/mol. The fourth-order valence-corrected chi connectivity index (χ4v) is 4.05. The number of hydrogen-bond acceptors (Lipinski definition) is 8. The van der Waals surface area contributed by atoms with E-state index in [2.05, 4.69) is 15.2 Å². The first-order valence-electron chi connectivity index (χ1n) is 11.4. The lowest BCUT2D eigenvalue weighted by Gasteiger charge is -2.36. The molecule has 3 heterocycles. The largest absolute Gasteiger partial charge is 0.480 e.